The van der Waals surface area contributed by atoms with Gasteiger partial charge < -0.3 is 24.6 Å². The van der Waals surface area contributed by atoms with Crippen molar-refractivity contribution in [3.8, 4) is 11.8 Å². The van der Waals surface area contributed by atoms with Gasteiger partial charge in [0.25, 0.3) is 0 Å². The fourth-order valence-corrected chi connectivity index (χ4v) is 4.68. The molecule has 200 valence electrons. The number of rotatable bonds is 10. The third-order valence-electron chi connectivity index (χ3n) is 6.75. The minimum atomic E-state index is -0.186. The number of methoxy groups -OCH3 is 1. The first-order valence-corrected chi connectivity index (χ1v) is 13.1. The molecule has 1 aromatic heterocycles. The first-order chi connectivity index (χ1) is 18.4. The van der Waals surface area contributed by atoms with Crippen LogP contribution < -0.4 is 15.0 Å². The van der Waals surface area contributed by atoms with E-state index in [0.29, 0.717) is 61.4 Å². The van der Waals surface area contributed by atoms with Crippen LogP contribution in [0.1, 0.15) is 55.8 Å². The Bertz CT molecular complexity index is 1230. The number of nitrogens with zero attached hydrogens (tertiary/aromatic N) is 4. The minimum Gasteiger partial charge on any atom is -0.487 e. The summed E-state index contributed by atoms with van der Waals surface area (Å²) in [5.41, 5.74) is 2.93. The monoisotopic (exact) mass is 517 g/mol. The van der Waals surface area contributed by atoms with Crippen LogP contribution in [0.4, 0.5) is 11.5 Å². The highest BCUT2D eigenvalue weighted by Gasteiger charge is 2.33. The number of amides is 2. The summed E-state index contributed by atoms with van der Waals surface area (Å²) >= 11 is 0. The number of aromatic nitrogens is 1. The third-order valence-corrected chi connectivity index (χ3v) is 6.75. The van der Waals surface area contributed by atoms with Gasteiger partial charge in [0.05, 0.1) is 24.3 Å². The Kier molecular flexibility index (Phi) is 8.98. The number of allylic oxidation sites excluding steroid dienone is 1. The number of pyridine rings is 1. The second-order valence-electron chi connectivity index (χ2n) is 9.73. The van der Waals surface area contributed by atoms with Gasteiger partial charge >= 0.3 is 0 Å². The smallest absolute Gasteiger partial charge is 0.248 e. The van der Waals surface area contributed by atoms with Crippen molar-refractivity contribution in [3.05, 3.63) is 59.3 Å². The van der Waals surface area contributed by atoms with Gasteiger partial charge in [-0.3, -0.25) is 9.59 Å². The molecule has 1 aliphatic heterocycles. The lowest BCUT2D eigenvalue weighted by Crippen LogP contribution is -2.54. The highest BCUT2D eigenvalue weighted by Crippen LogP contribution is 2.45. The molecule has 9 heteroatoms. The fourth-order valence-electron chi connectivity index (χ4n) is 4.68. The quantitative estimate of drug-likeness (QED) is 0.475. The van der Waals surface area contributed by atoms with Crippen LogP contribution in [-0.4, -0.2) is 61.1 Å². The van der Waals surface area contributed by atoms with Gasteiger partial charge in [-0.25, -0.2) is 4.98 Å². The first kappa shape index (κ1) is 27.1. The number of nitrogens with one attached hydrogen (secondary N) is 1. The van der Waals surface area contributed by atoms with Crippen molar-refractivity contribution >= 4 is 23.3 Å². The van der Waals surface area contributed by atoms with Crippen molar-refractivity contribution in [1.29, 1.82) is 5.26 Å². The topological polar surface area (TPSA) is 108 Å². The summed E-state index contributed by atoms with van der Waals surface area (Å²) in [5.74, 6) is 1.50. The number of anilines is 2. The van der Waals surface area contributed by atoms with Gasteiger partial charge in [-0.15, -0.1) is 0 Å². The number of piperazine rings is 1. The van der Waals surface area contributed by atoms with Crippen LogP contribution in [0.3, 0.4) is 0 Å². The van der Waals surface area contributed by atoms with Crippen molar-refractivity contribution in [2.75, 3.05) is 43.6 Å². The van der Waals surface area contributed by atoms with E-state index in [-0.39, 0.29) is 24.5 Å². The summed E-state index contributed by atoms with van der Waals surface area (Å²) in [6, 6.07) is 11.6. The number of hydrogen-bond acceptors (Lipinski definition) is 7. The van der Waals surface area contributed by atoms with Gasteiger partial charge in [-0.1, -0.05) is 18.2 Å². The predicted octanol–water partition coefficient (Wildman–Crippen LogP) is 4.00. The van der Waals surface area contributed by atoms with E-state index in [4.69, 9.17) is 14.5 Å². The lowest BCUT2D eigenvalue weighted by atomic mass is 10.1. The summed E-state index contributed by atoms with van der Waals surface area (Å²) in [7, 11) is 1.59. The zero-order chi connectivity index (χ0) is 27.1. The number of benzene rings is 1. The molecule has 2 fully saturated rings. The Labute approximate surface area is 224 Å². The zero-order valence-corrected chi connectivity index (χ0v) is 22.3. The molecule has 38 heavy (non-hydrogen) atoms. The first-order valence-electron chi connectivity index (χ1n) is 13.1. The largest absolute Gasteiger partial charge is 0.487 e. The molecule has 0 spiro atoms. The van der Waals surface area contributed by atoms with E-state index >= 15 is 0 Å². The molecule has 1 N–H and O–H groups in total. The second-order valence-corrected chi connectivity index (χ2v) is 9.73. The maximum atomic E-state index is 12.5. The van der Waals surface area contributed by atoms with Crippen LogP contribution in [0, 0.1) is 11.3 Å². The standard InChI is InChI=1S/C29H35N5O4/c1-4-6-26(35)31-24-8-5-7-21(15-24)19-38-25-16-23(17-30)29(32-28(25)22-9-10-22)33-12-13-34(20(2)18-33)27(36)11-14-37-3/h4-8,15-16,20,22H,9-14,18-19H2,1-3H3,(H,31,35)/t20-/m1/s1. The molecule has 4 rings (SSSR count). The van der Waals surface area contributed by atoms with Crippen LogP contribution in [-0.2, 0) is 20.9 Å². The van der Waals surface area contributed by atoms with Crippen LogP contribution in [0.2, 0.25) is 0 Å². The normalized spacial score (nSPS) is 17.4. The van der Waals surface area contributed by atoms with Crippen molar-refractivity contribution in [2.24, 2.45) is 0 Å². The summed E-state index contributed by atoms with van der Waals surface area (Å²) < 4.78 is 11.3. The van der Waals surface area contributed by atoms with E-state index in [0.717, 1.165) is 24.1 Å². The molecule has 2 amide bonds. The summed E-state index contributed by atoms with van der Waals surface area (Å²) in [6.45, 7) is 6.32. The Morgan fingerprint density at radius 3 is 2.76 bits per heavy atom. The maximum absolute atomic E-state index is 12.5. The number of nitriles is 1. The summed E-state index contributed by atoms with van der Waals surface area (Å²) in [4.78, 5) is 33.4. The molecule has 1 saturated heterocycles. The summed E-state index contributed by atoms with van der Waals surface area (Å²) in [5, 5.41) is 12.8. The second kappa shape index (κ2) is 12.6. The van der Waals surface area contributed by atoms with Crippen LogP contribution in [0.25, 0.3) is 0 Å². The molecule has 1 atom stereocenters. The molecule has 1 saturated carbocycles. The zero-order valence-electron chi connectivity index (χ0n) is 22.3. The van der Waals surface area contributed by atoms with Crippen LogP contribution in [0.15, 0.2) is 42.5 Å². The van der Waals surface area contributed by atoms with E-state index in [1.807, 2.05) is 36.1 Å². The van der Waals surface area contributed by atoms with Crippen molar-refractivity contribution in [3.63, 3.8) is 0 Å². The summed E-state index contributed by atoms with van der Waals surface area (Å²) in [6.07, 6.45) is 5.61. The average Bonchev–Trinajstić information content (AvgIpc) is 3.76. The molecule has 1 aliphatic carbocycles. The highest BCUT2D eigenvalue weighted by molar-refractivity contribution is 5.99. The van der Waals surface area contributed by atoms with Gasteiger partial charge in [0, 0.05) is 50.5 Å². The van der Waals surface area contributed by atoms with Gasteiger partial charge in [-0.2, -0.15) is 5.26 Å². The van der Waals surface area contributed by atoms with Crippen molar-refractivity contribution in [2.45, 2.75) is 51.7 Å². The highest BCUT2D eigenvalue weighted by atomic mass is 16.5. The molecule has 9 nitrogen and oxygen atoms in total. The Morgan fingerprint density at radius 2 is 2.08 bits per heavy atom. The van der Waals surface area contributed by atoms with Gasteiger partial charge in [-0.05, 0) is 50.5 Å². The van der Waals surface area contributed by atoms with E-state index in [2.05, 4.69) is 16.3 Å². The number of carbonyl (C=O) groups is 2. The number of ether oxygens (including phenoxy) is 2. The molecular formula is C29H35N5O4. The molecule has 2 heterocycles. The molecular weight excluding hydrogens is 482 g/mol. The molecule has 1 aromatic carbocycles. The van der Waals surface area contributed by atoms with Crippen molar-refractivity contribution in [1.82, 2.24) is 9.88 Å². The van der Waals surface area contributed by atoms with E-state index in [9.17, 15) is 14.9 Å². The Balaban J connectivity index is 1.49. The predicted molar refractivity (Wildman–Crippen MR) is 145 cm³/mol. The van der Waals surface area contributed by atoms with Crippen molar-refractivity contribution < 1.29 is 19.1 Å². The maximum Gasteiger partial charge on any atom is 0.248 e. The lowest BCUT2D eigenvalue weighted by Gasteiger charge is -2.40. The molecule has 2 aromatic rings. The molecule has 0 bridgehead atoms. The van der Waals surface area contributed by atoms with Gasteiger partial charge in [0.15, 0.2) is 0 Å². The Hall–Kier alpha value is -3.90. The van der Waals surface area contributed by atoms with E-state index in [1.165, 1.54) is 6.08 Å². The van der Waals surface area contributed by atoms with Crippen LogP contribution in [0.5, 0.6) is 5.75 Å². The van der Waals surface area contributed by atoms with E-state index < -0.39 is 0 Å². The number of hydrogen-bond donors (Lipinski definition) is 1. The third kappa shape index (κ3) is 6.69. The fraction of sp³-hybridized carbons (Fsp3) is 0.448. The SMILES string of the molecule is CC=CC(=O)Nc1cccc(COc2cc(C#N)c(N3CCN(C(=O)CCOC)[C@H](C)C3)nc2C2CC2)c1. The van der Waals surface area contributed by atoms with E-state index in [1.54, 1.807) is 26.2 Å². The molecule has 2 aliphatic rings. The van der Waals surface area contributed by atoms with Gasteiger partial charge in [0.2, 0.25) is 11.8 Å². The molecule has 0 unspecified atom stereocenters. The van der Waals surface area contributed by atoms with Gasteiger partial charge in [0.1, 0.15) is 24.2 Å². The van der Waals surface area contributed by atoms with Crippen LogP contribution >= 0.6 is 0 Å². The minimum absolute atomic E-state index is 0.00216. The average molecular weight is 518 g/mol. The number of carbonyl (C=O) groups excluding carboxylic acids is 2. The Morgan fingerprint density at radius 1 is 1.26 bits per heavy atom. The lowest BCUT2D eigenvalue weighted by molar-refractivity contribution is -0.134. The molecule has 0 radical (unpaired) electrons.